The maximum absolute atomic E-state index is 12.8. The molecule has 0 bridgehead atoms. The second kappa shape index (κ2) is 12.9. The number of benzene rings is 2. The molecule has 1 aliphatic rings. The third-order valence-electron chi connectivity index (χ3n) is 6.68. The van der Waals surface area contributed by atoms with Crippen LogP contribution in [-0.4, -0.2) is 41.6 Å². The summed E-state index contributed by atoms with van der Waals surface area (Å²) in [6.07, 6.45) is 6.86. The van der Waals surface area contributed by atoms with Crippen molar-refractivity contribution in [2.24, 2.45) is 17.8 Å². The topological polar surface area (TPSA) is 141 Å². The fourth-order valence-electron chi connectivity index (χ4n) is 4.58. The maximum atomic E-state index is 12.8. The Morgan fingerprint density at radius 3 is 2.67 bits per heavy atom. The van der Waals surface area contributed by atoms with Gasteiger partial charge in [0.15, 0.2) is 0 Å². The summed E-state index contributed by atoms with van der Waals surface area (Å²) in [5, 5.41) is 10.1. The Kier molecular flexibility index (Phi) is 9.11. The number of hydrogen-bond acceptors (Lipinski definition) is 7. The first-order chi connectivity index (χ1) is 19.3. The van der Waals surface area contributed by atoms with Crippen molar-refractivity contribution in [3.05, 3.63) is 81.8 Å². The number of carbonyl (C=O) groups is 2. The highest BCUT2D eigenvalue weighted by Crippen LogP contribution is 2.42. The number of nitrogens with one attached hydrogen (secondary N) is 2. The Bertz CT molecular complexity index is 1520. The molecule has 2 aromatic carbocycles. The Morgan fingerprint density at radius 2 is 1.98 bits per heavy atom. The number of aromatic nitrogens is 2. The molecule has 1 aromatic heterocycles. The first-order valence-corrected chi connectivity index (χ1v) is 13.1. The van der Waals surface area contributed by atoms with Crippen molar-refractivity contribution < 1.29 is 14.3 Å². The first-order valence-electron chi connectivity index (χ1n) is 13.1. The lowest BCUT2D eigenvalue weighted by Gasteiger charge is -2.19. The molecule has 1 heterocycles. The molecule has 1 amide bonds. The van der Waals surface area contributed by atoms with Crippen LogP contribution in [0.3, 0.4) is 0 Å². The molecule has 0 atom stereocenters. The Hall–Kier alpha value is -4.73. The number of ether oxygens (including phenoxy) is 1. The highest BCUT2D eigenvalue weighted by molar-refractivity contribution is 5.93. The number of esters is 1. The molecule has 1 fully saturated rings. The Morgan fingerprint density at radius 1 is 1.20 bits per heavy atom. The van der Waals surface area contributed by atoms with Crippen LogP contribution in [0.15, 0.2) is 64.5 Å². The van der Waals surface area contributed by atoms with Gasteiger partial charge in [0, 0.05) is 38.7 Å². The van der Waals surface area contributed by atoms with Crippen molar-refractivity contribution in [1.29, 1.82) is 0 Å². The van der Waals surface area contributed by atoms with E-state index in [0.29, 0.717) is 36.6 Å². The van der Waals surface area contributed by atoms with E-state index in [1.807, 2.05) is 18.2 Å². The summed E-state index contributed by atoms with van der Waals surface area (Å²) < 4.78 is 6.71. The van der Waals surface area contributed by atoms with Gasteiger partial charge in [0.05, 0.1) is 5.69 Å². The van der Waals surface area contributed by atoms with E-state index >= 15 is 0 Å². The van der Waals surface area contributed by atoms with E-state index in [9.17, 15) is 14.4 Å². The zero-order valence-corrected chi connectivity index (χ0v) is 22.9. The number of amidine groups is 1. The Balaban J connectivity index is 1.88. The van der Waals surface area contributed by atoms with Gasteiger partial charge in [-0.1, -0.05) is 36.4 Å². The number of rotatable bonds is 12. The highest BCUT2D eigenvalue weighted by atomic mass is 16.5. The van der Waals surface area contributed by atoms with Crippen LogP contribution in [0.4, 0.5) is 5.69 Å². The quantitative estimate of drug-likeness (QED) is 0.105. The zero-order chi connectivity index (χ0) is 28.6. The molecule has 3 aromatic rings. The molecule has 10 heteroatoms. The van der Waals surface area contributed by atoms with Crippen LogP contribution in [0, 0.1) is 0 Å². The molecular weight excluding hydrogens is 508 g/mol. The van der Waals surface area contributed by atoms with Gasteiger partial charge in [-0.3, -0.25) is 14.4 Å². The molecular formula is C30H34N6O4. The smallest absolute Gasteiger partial charge is 0.302 e. The SMILES string of the molecule is CN/C=C\C(N)=Nc1cc(-c2cccc(-c3ccc(C4CC4)cc3CCNC=O)c2COC(C)=O)nn(C)c1=O. The lowest BCUT2D eigenvalue weighted by Crippen LogP contribution is -2.21. The van der Waals surface area contributed by atoms with Gasteiger partial charge >= 0.3 is 5.97 Å². The summed E-state index contributed by atoms with van der Waals surface area (Å²) in [6, 6.07) is 13.8. The monoisotopic (exact) mass is 542 g/mol. The highest BCUT2D eigenvalue weighted by Gasteiger charge is 2.25. The fraction of sp³-hybridized carbons (Fsp3) is 0.300. The molecule has 208 valence electrons. The largest absolute Gasteiger partial charge is 0.461 e. The number of aryl methyl sites for hydroxylation is 1. The van der Waals surface area contributed by atoms with Gasteiger partial charge in [-0.05, 0) is 65.8 Å². The molecule has 40 heavy (non-hydrogen) atoms. The third-order valence-corrected chi connectivity index (χ3v) is 6.68. The average molecular weight is 543 g/mol. The molecule has 1 aliphatic carbocycles. The van der Waals surface area contributed by atoms with Gasteiger partial charge in [-0.25, -0.2) is 9.67 Å². The van der Waals surface area contributed by atoms with Crippen LogP contribution >= 0.6 is 0 Å². The standard InChI is InChI=1S/C30H34N6O4/c1-19(38)40-17-26-24(23-10-9-21(20-7-8-20)15-22(23)11-14-33-18-37)5-4-6-25(26)27-16-28(30(39)36(3)35-27)34-29(31)12-13-32-2/h4-6,9-10,12-13,15-16,18,20,32H,7-8,11,14,17H2,1-3H3,(H2,31,34)(H,33,37)/b13-12-. The summed E-state index contributed by atoms with van der Waals surface area (Å²) in [6.45, 7) is 1.87. The minimum atomic E-state index is -0.414. The molecule has 0 spiro atoms. The van der Waals surface area contributed by atoms with E-state index in [1.165, 1.54) is 30.0 Å². The van der Waals surface area contributed by atoms with Crippen LogP contribution in [0.25, 0.3) is 22.4 Å². The number of amides is 1. The molecule has 0 unspecified atom stereocenters. The summed E-state index contributed by atoms with van der Waals surface area (Å²) in [5.74, 6) is 0.313. The van der Waals surface area contributed by atoms with E-state index < -0.39 is 11.5 Å². The lowest BCUT2D eigenvalue weighted by molar-refractivity contribution is -0.142. The minimum Gasteiger partial charge on any atom is -0.461 e. The van der Waals surface area contributed by atoms with Crippen LogP contribution in [-0.2, 0) is 34.4 Å². The summed E-state index contributed by atoms with van der Waals surface area (Å²) in [7, 11) is 3.28. The average Bonchev–Trinajstić information content (AvgIpc) is 3.79. The van der Waals surface area contributed by atoms with Crippen molar-refractivity contribution in [3.8, 4) is 22.4 Å². The molecule has 0 saturated heterocycles. The van der Waals surface area contributed by atoms with Gasteiger partial charge in [0.25, 0.3) is 5.56 Å². The minimum absolute atomic E-state index is 0.00735. The van der Waals surface area contributed by atoms with Crippen LogP contribution < -0.4 is 21.9 Å². The zero-order valence-electron chi connectivity index (χ0n) is 22.9. The van der Waals surface area contributed by atoms with Crippen LogP contribution in [0.1, 0.15) is 42.4 Å². The normalized spacial score (nSPS) is 13.3. The number of nitrogens with two attached hydrogens (primary N) is 1. The van der Waals surface area contributed by atoms with Gasteiger partial charge < -0.3 is 21.1 Å². The van der Waals surface area contributed by atoms with E-state index in [1.54, 1.807) is 32.4 Å². The van der Waals surface area contributed by atoms with Crippen molar-refractivity contribution in [3.63, 3.8) is 0 Å². The predicted molar refractivity (Wildman–Crippen MR) is 155 cm³/mol. The fourth-order valence-corrected chi connectivity index (χ4v) is 4.58. The van der Waals surface area contributed by atoms with Crippen molar-refractivity contribution in [1.82, 2.24) is 20.4 Å². The Labute approximate surface area is 233 Å². The predicted octanol–water partition coefficient (Wildman–Crippen LogP) is 3.07. The van der Waals surface area contributed by atoms with Crippen LogP contribution in [0.2, 0.25) is 0 Å². The van der Waals surface area contributed by atoms with E-state index in [4.69, 9.17) is 10.5 Å². The van der Waals surface area contributed by atoms with Crippen molar-refractivity contribution in [2.45, 2.75) is 38.7 Å². The van der Waals surface area contributed by atoms with Crippen molar-refractivity contribution >= 4 is 23.9 Å². The number of aliphatic imine (C=N–C) groups is 1. The van der Waals surface area contributed by atoms with Gasteiger partial charge in [-0.2, -0.15) is 5.10 Å². The third kappa shape index (κ3) is 6.82. The molecule has 10 nitrogen and oxygen atoms in total. The van der Waals surface area contributed by atoms with E-state index in [-0.39, 0.29) is 18.1 Å². The number of hydrogen-bond donors (Lipinski definition) is 3. The molecule has 0 radical (unpaired) electrons. The molecule has 4 rings (SSSR count). The second-order valence-electron chi connectivity index (χ2n) is 9.63. The van der Waals surface area contributed by atoms with Crippen LogP contribution in [0.5, 0.6) is 0 Å². The number of nitrogens with zero attached hydrogens (tertiary/aromatic N) is 3. The van der Waals surface area contributed by atoms with Crippen molar-refractivity contribution in [2.75, 3.05) is 13.6 Å². The molecule has 0 aliphatic heterocycles. The van der Waals surface area contributed by atoms with Gasteiger partial charge in [0.2, 0.25) is 6.41 Å². The van der Waals surface area contributed by atoms with Gasteiger partial charge in [-0.15, -0.1) is 0 Å². The first kappa shape index (κ1) is 28.3. The molecule has 4 N–H and O–H groups in total. The summed E-state index contributed by atoms with van der Waals surface area (Å²) >= 11 is 0. The summed E-state index contributed by atoms with van der Waals surface area (Å²) in [5.41, 5.74) is 11.9. The maximum Gasteiger partial charge on any atom is 0.302 e. The van der Waals surface area contributed by atoms with Gasteiger partial charge in [0.1, 0.15) is 18.1 Å². The van der Waals surface area contributed by atoms with E-state index in [2.05, 4.69) is 38.9 Å². The molecule has 1 saturated carbocycles. The lowest BCUT2D eigenvalue weighted by atomic mass is 9.89. The summed E-state index contributed by atoms with van der Waals surface area (Å²) in [4.78, 5) is 39.9. The number of carbonyl (C=O) groups excluding carboxylic acids is 2. The second-order valence-corrected chi connectivity index (χ2v) is 9.63. The van der Waals surface area contributed by atoms with E-state index in [0.717, 1.165) is 22.3 Å².